The molecule has 0 radical (unpaired) electrons. The molecule has 0 saturated heterocycles. The molecule has 0 bridgehead atoms. The number of anilines is 1. The van der Waals surface area contributed by atoms with Crippen molar-refractivity contribution in [2.24, 2.45) is 5.92 Å². The molecule has 16 heavy (non-hydrogen) atoms. The van der Waals surface area contributed by atoms with Gasteiger partial charge in [0.15, 0.2) is 0 Å². The van der Waals surface area contributed by atoms with Crippen LogP contribution in [0.25, 0.3) is 0 Å². The lowest BCUT2D eigenvalue weighted by Crippen LogP contribution is -2.38. The van der Waals surface area contributed by atoms with Crippen molar-refractivity contribution in [3.05, 3.63) is 26.8 Å². The van der Waals surface area contributed by atoms with E-state index in [1.54, 1.807) is 0 Å². The van der Waals surface area contributed by atoms with Crippen LogP contribution in [-0.2, 0) is 0 Å². The highest BCUT2D eigenvalue weighted by molar-refractivity contribution is 14.1. The minimum absolute atomic E-state index is 0.197. The number of nitrogens with one attached hydrogen (secondary N) is 1. The summed E-state index contributed by atoms with van der Waals surface area (Å²) < 4.78 is 1.10. The van der Waals surface area contributed by atoms with Crippen LogP contribution in [0.1, 0.15) is 20.8 Å². The second-order valence-electron chi connectivity index (χ2n) is 4.49. The molecule has 1 aromatic rings. The van der Waals surface area contributed by atoms with Crippen LogP contribution in [0.5, 0.6) is 0 Å². The minimum atomic E-state index is -0.730. The van der Waals surface area contributed by atoms with E-state index in [0.29, 0.717) is 11.6 Å². The van der Waals surface area contributed by atoms with Gasteiger partial charge in [-0.05, 0) is 53.6 Å². The Morgan fingerprint density at radius 1 is 1.50 bits per heavy atom. The average molecular weight is 354 g/mol. The van der Waals surface area contributed by atoms with Crippen molar-refractivity contribution in [1.29, 1.82) is 0 Å². The highest BCUT2D eigenvalue weighted by Crippen LogP contribution is 2.25. The van der Waals surface area contributed by atoms with Crippen molar-refractivity contribution in [2.45, 2.75) is 26.4 Å². The fraction of sp³-hybridized carbons (Fsp3) is 0.500. The van der Waals surface area contributed by atoms with Crippen LogP contribution in [-0.4, -0.2) is 17.3 Å². The largest absolute Gasteiger partial charge is 0.388 e. The first-order valence-corrected chi connectivity index (χ1v) is 6.70. The normalized spacial score (nSPS) is 14.9. The minimum Gasteiger partial charge on any atom is -0.388 e. The van der Waals surface area contributed by atoms with E-state index in [0.717, 1.165) is 9.26 Å². The van der Waals surface area contributed by atoms with E-state index in [2.05, 4.69) is 27.9 Å². The van der Waals surface area contributed by atoms with Crippen LogP contribution in [0.15, 0.2) is 18.2 Å². The maximum Gasteiger partial charge on any atom is 0.0813 e. The van der Waals surface area contributed by atoms with Gasteiger partial charge in [0, 0.05) is 10.1 Å². The van der Waals surface area contributed by atoms with Crippen molar-refractivity contribution in [2.75, 3.05) is 11.9 Å². The Hall–Kier alpha value is -0.0000000000000000555. The second kappa shape index (κ2) is 5.56. The summed E-state index contributed by atoms with van der Waals surface area (Å²) in [5.41, 5.74) is 0.134. The van der Waals surface area contributed by atoms with Crippen LogP contribution < -0.4 is 5.32 Å². The summed E-state index contributed by atoms with van der Waals surface area (Å²) in [5, 5.41) is 14.0. The summed E-state index contributed by atoms with van der Waals surface area (Å²) in [5.74, 6) is 0.197. The predicted molar refractivity (Wildman–Crippen MR) is 78.1 cm³/mol. The fourth-order valence-corrected chi connectivity index (χ4v) is 2.03. The monoisotopic (exact) mass is 353 g/mol. The molecule has 0 saturated carbocycles. The highest BCUT2D eigenvalue weighted by Gasteiger charge is 2.24. The zero-order chi connectivity index (χ0) is 12.3. The van der Waals surface area contributed by atoms with E-state index in [4.69, 9.17) is 11.6 Å². The molecule has 2 nitrogen and oxygen atoms in total. The molecule has 1 rings (SSSR count). The van der Waals surface area contributed by atoms with Gasteiger partial charge in [-0.2, -0.15) is 0 Å². The molecule has 0 aromatic heterocycles. The van der Waals surface area contributed by atoms with Gasteiger partial charge >= 0.3 is 0 Å². The van der Waals surface area contributed by atoms with Crippen LogP contribution in [0.3, 0.4) is 0 Å². The van der Waals surface area contributed by atoms with Crippen molar-refractivity contribution >= 4 is 39.9 Å². The lowest BCUT2D eigenvalue weighted by atomic mass is 9.92. The van der Waals surface area contributed by atoms with Crippen molar-refractivity contribution in [1.82, 2.24) is 0 Å². The predicted octanol–water partition coefficient (Wildman–Crippen LogP) is 3.76. The number of rotatable bonds is 4. The molecular weight excluding hydrogens is 336 g/mol. The smallest absolute Gasteiger partial charge is 0.0813 e. The molecule has 0 spiro atoms. The Balaban J connectivity index is 2.68. The summed E-state index contributed by atoms with van der Waals surface area (Å²) >= 11 is 8.30. The first kappa shape index (κ1) is 14.1. The first-order chi connectivity index (χ1) is 7.33. The number of halogens is 2. The summed E-state index contributed by atoms with van der Waals surface area (Å²) in [6.45, 7) is 6.31. The van der Waals surface area contributed by atoms with Gasteiger partial charge in [0.2, 0.25) is 0 Å². The van der Waals surface area contributed by atoms with Gasteiger partial charge in [-0.25, -0.2) is 0 Å². The highest BCUT2D eigenvalue weighted by atomic mass is 127. The number of hydrogen-bond donors (Lipinski definition) is 2. The van der Waals surface area contributed by atoms with Gasteiger partial charge in [-0.3, -0.25) is 0 Å². The third-order valence-corrected chi connectivity index (χ3v) is 3.80. The van der Waals surface area contributed by atoms with E-state index < -0.39 is 5.60 Å². The van der Waals surface area contributed by atoms with Gasteiger partial charge in [-0.15, -0.1) is 0 Å². The van der Waals surface area contributed by atoms with Gasteiger partial charge in [0.05, 0.1) is 16.3 Å². The van der Waals surface area contributed by atoms with Crippen molar-refractivity contribution < 1.29 is 5.11 Å². The molecule has 0 amide bonds. The van der Waals surface area contributed by atoms with E-state index in [1.807, 2.05) is 39.0 Å². The quantitative estimate of drug-likeness (QED) is 0.808. The SMILES string of the molecule is CC(C)C(C)(O)CNc1ccc(I)cc1Cl. The van der Waals surface area contributed by atoms with E-state index >= 15 is 0 Å². The topological polar surface area (TPSA) is 32.3 Å². The first-order valence-electron chi connectivity index (χ1n) is 5.24. The fourth-order valence-electron chi connectivity index (χ4n) is 1.11. The Labute approximate surface area is 116 Å². The Kier molecular flexibility index (Phi) is 4.88. The van der Waals surface area contributed by atoms with Crippen LogP contribution in [0.2, 0.25) is 5.02 Å². The molecule has 0 aliphatic rings. The van der Waals surface area contributed by atoms with Gasteiger partial charge in [-0.1, -0.05) is 25.4 Å². The van der Waals surface area contributed by atoms with Gasteiger partial charge in [0.25, 0.3) is 0 Å². The second-order valence-corrected chi connectivity index (χ2v) is 6.14. The third-order valence-electron chi connectivity index (χ3n) is 2.81. The molecule has 4 heteroatoms. The summed E-state index contributed by atoms with van der Waals surface area (Å²) in [6.07, 6.45) is 0. The van der Waals surface area contributed by atoms with Gasteiger partial charge < -0.3 is 10.4 Å². The van der Waals surface area contributed by atoms with Crippen LogP contribution in [0.4, 0.5) is 5.69 Å². The van der Waals surface area contributed by atoms with Crippen LogP contribution in [0, 0.1) is 9.49 Å². The molecule has 0 aliphatic heterocycles. The molecule has 90 valence electrons. The Morgan fingerprint density at radius 2 is 2.12 bits per heavy atom. The number of hydrogen-bond acceptors (Lipinski definition) is 2. The van der Waals surface area contributed by atoms with Gasteiger partial charge in [0.1, 0.15) is 0 Å². The maximum atomic E-state index is 10.1. The molecule has 0 heterocycles. The molecule has 1 aromatic carbocycles. The lowest BCUT2D eigenvalue weighted by Gasteiger charge is -2.28. The molecule has 0 aliphatic carbocycles. The Morgan fingerprint density at radius 3 is 2.62 bits per heavy atom. The standard InChI is InChI=1S/C12H17ClINO/c1-8(2)12(3,16)7-15-11-5-4-9(14)6-10(11)13/h4-6,8,15-16H,7H2,1-3H3. The molecular formula is C12H17ClINO. The molecule has 1 unspecified atom stereocenters. The summed E-state index contributed by atoms with van der Waals surface area (Å²) in [6, 6.07) is 5.81. The molecule has 0 fully saturated rings. The number of aliphatic hydroxyl groups is 1. The average Bonchev–Trinajstić information content (AvgIpc) is 2.16. The number of benzene rings is 1. The van der Waals surface area contributed by atoms with Crippen LogP contribution >= 0.6 is 34.2 Å². The summed E-state index contributed by atoms with van der Waals surface area (Å²) in [4.78, 5) is 0. The molecule has 2 N–H and O–H groups in total. The zero-order valence-electron chi connectivity index (χ0n) is 9.72. The maximum absolute atomic E-state index is 10.1. The summed E-state index contributed by atoms with van der Waals surface area (Å²) in [7, 11) is 0. The Bertz CT molecular complexity index is 366. The third kappa shape index (κ3) is 3.79. The van der Waals surface area contributed by atoms with E-state index in [9.17, 15) is 5.11 Å². The van der Waals surface area contributed by atoms with Crippen molar-refractivity contribution in [3.63, 3.8) is 0 Å². The lowest BCUT2D eigenvalue weighted by molar-refractivity contribution is 0.0266. The van der Waals surface area contributed by atoms with E-state index in [1.165, 1.54) is 0 Å². The van der Waals surface area contributed by atoms with E-state index in [-0.39, 0.29) is 5.92 Å². The molecule has 1 atom stereocenters. The zero-order valence-corrected chi connectivity index (χ0v) is 12.6. The van der Waals surface area contributed by atoms with Crippen molar-refractivity contribution in [3.8, 4) is 0 Å².